The van der Waals surface area contributed by atoms with Gasteiger partial charge in [-0.3, -0.25) is 9.52 Å². The molecule has 2 aromatic rings. The number of hydrogen-bond acceptors (Lipinski definition) is 5. The molecule has 6 nitrogen and oxygen atoms in total. The molecular weight excluding hydrogens is 426 g/mol. The SMILES string of the molecule is O=C(O)Cc1csc(NS(=O)(=O)c2ccc(C(F)(F)F)cc2C(F)(F)F)n1. The molecule has 0 aliphatic heterocycles. The van der Waals surface area contributed by atoms with Crippen molar-refractivity contribution in [3.63, 3.8) is 0 Å². The molecule has 0 radical (unpaired) electrons. The Morgan fingerprint density at radius 1 is 1.15 bits per heavy atom. The molecule has 0 bridgehead atoms. The van der Waals surface area contributed by atoms with Crippen LogP contribution in [-0.4, -0.2) is 24.5 Å². The zero-order valence-corrected chi connectivity index (χ0v) is 14.4. The topological polar surface area (TPSA) is 96.4 Å². The van der Waals surface area contributed by atoms with Crippen LogP contribution < -0.4 is 4.72 Å². The maximum atomic E-state index is 13.1. The fourth-order valence-corrected chi connectivity index (χ4v) is 4.09. The van der Waals surface area contributed by atoms with Gasteiger partial charge in [-0.25, -0.2) is 13.4 Å². The second kappa shape index (κ2) is 6.99. The number of aliphatic carboxylic acids is 1. The first-order valence-corrected chi connectivity index (χ1v) is 9.04. The summed E-state index contributed by atoms with van der Waals surface area (Å²) in [5.41, 5.74) is -3.70. The maximum Gasteiger partial charge on any atom is 0.417 e. The van der Waals surface area contributed by atoms with Crippen LogP contribution in [0.4, 0.5) is 31.5 Å². The monoisotopic (exact) mass is 434 g/mol. The number of thiazole rings is 1. The third kappa shape index (κ3) is 5.09. The maximum absolute atomic E-state index is 13.1. The molecule has 0 atom stereocenters. The lowest BCUT2D eigenvalue weighted by Crippen LogP contribution is -2.20. The Morgan fingerprint density at radius 2 is 1.78 bits per heavy atom. The molecular formula is C13H8F6N2O4S2. The third-order valence-electron chi connectivity index (χ3n) is 3.01. The quantitative estimate of drug-likeness (QED) is 0.701. The number of benzene rings is 1. The van der Waals surface area contributed by atoms with Crippen LogP contribution >= 0.6 is 11.3 Å². The molecule has 0 aliphatic carbocycles. The smallest absolute Gasteiger partial charge is 0.417 e. The Hall–Kier alpha value is -2.35. The van der Waals surface area contributed by atoms with E-state index in [9.17, 15) is 39.6 Å². The first-order valence-electron chi connectivity index (χ1n) is 6.67. The number of carboxylic acid groups (broad SMARTS) is 1. The van der Waals surface area contributed by atoms with E-state index in [0.29, 0.717) is 11.3 Å². The Labute approximate surface area is 151 Å². The van der Waals surface area contributed by atoms with Crippen molar-refractivity contribution in [2.75, 3.05) is 4.72 Å². The van der Waals surface area contributed by atoms with E-state index in [2.05, 4.69) is 4.98 Å². The van der Waals surface area contributed by atoms with E-state index < -0.39 is 55.9 Å². The van der Waals surface area contributed by atoms with Gasteiger partial charge >= 0.3 is 18.3 Å². The van der Waals surface area contributed by atoms with E-state index in [0.717, 1.165) is 0 Å². The van der Waals surface area contributed by atoms with Gasteiger partial charge in [0.1, 0.15) is 0 Å². The number of nitrogens with zero attached hydrogens (tertiary/aromatic N) is 1. The van der Waals surface area contributed by atoms with E-state index >= 15 is 0 Å². The van der Waals surface area contributed by atoms with Crippen LogP contribution in [0.25, 0.3) is 0 Å². The van der Waals surface area contributed by atoms with Crippen molar-refractivity contribution in [3.8, 4) is 0 Å². The minimum Gasteiger partial charge on any atom is -0.481 e. The summed E-state index contributed by atoms with van der Waals surface area (Å²) >= 11 is 0.608. The zero-order chi connectivity index (χ0) is 20.6. The molecule has 1 aromatic heterocycles. The molecule has 0 saturated heterocycles. The second-order valence-corrected chi connectivity index (χ2v) is 7.54. The molecule has 27 heavy (non-hydrogen) atoms. The number of carbonyl (C=O) groups is 1. The van der Waals surface area contributed by atoms with Crippen LogP contribution in [0.5, 0.6) is 0 Å². The molecule has 0 aliphatic rings. The van der Waals surface area contributed by atoms with Crippen molar-refractivity contribution in [2.45, 2.75) is 23.7 Å². The molecule has 2 N–H and O–H groups in total. The average molecular weight is 434 g/mol. The number of aromatic nitrogens is 1. The molecule has 14 heteroatoms. The van der Waals surface area contributed by atoms with Gasteiger partial charge in [-0.1, -0.05) is 0 Å². The van der Waals surface area contributed by atoms with Crippen molar-refractivity contribution < 1.29 is 44.7 Å². The summed E-state index contributed by atoms with van der Waals surface area (Å²) < 4.78 is 103. The summed E-state index contributed by atoms with van der Waals surface area (Å²) in [6, 6.07) is 0.105. The molecule has 148 valence electrons. The molecule has 2 rings (SSSR count). The second-order valence-electron chi connectivity index (χ2n) is 5.03. The number of halogens is 6. The van der Waals surface area contributed by atoms with Gasteiger partial charge in [-0.05, 0) is 18.2 Å². The molecule has 0 amide bonds. The highest BCUT2D eigenvalue weighted by atomic mass is 32.2. The number of hydrogen-bond donors (Lipinski definition) is 2. The van der Waals surface area contributed by atoms with Crippen LogP contribution in [0.1, 0.15) is 16.8 Å². The largest absolute Gasteiger partial charge is 0.481 e. The Balaban J connectivity index is 2.45. The summed E-state index contributed by atoms with van der Waals surface area (Å²) in [7, 11) is -4.94. The lowest BCUT2D eigenvalue weighted by Gasteiger charge is -2.16. The molecule has 1 aromatic carbocycles. The van der Waals surface area contributed by atoms with Gasteiger partial charge in [0.25, 0.3) is 10.0 Å². The molecule has 0 spiro atoms. The summed E-state index contributed by atoms with van der Waals surface area (Å²) in [5.74, 6) is -1.27. The van der Waals surface area contributed by atoms with Gasteiger partial charge in [0.05, 0.1) is 28.1 Å². The van der Waals surface area contributed by atoms with Crippen molar-refractivity contribution >= 4 is 32.5 Å². The summed E-state index contributed by atoms with van der Waals surface area (Å²) in [6.07, 6.45) is -11.0. The molecule has 0 unspecified atom stereocenters. The number of rotatable bonds is 5. The highest BCUT2D eigenvalue weighted by Crippen LogP contribution is 2.39. The van der Waals surface area contributed by atoms with Gasteiger partial charge in [0.15, 0.2) is 5.13 Å². The fourth-order valence-electron chi connectivity index (χ4n) is 1.92. The van der Waals surface area contributed by atoms with Crippen molar-refractivity contribution in [3.05, 3.63) is 40.4 Å². The van der Waals surface area contributed by atoms with Gasteiger partial charge in [0.2, 0.25) is 0 Å². The lowest BCUT2D eigenvalue weighted by molar-refractivity contribution is -0.144. The van der Waals surface area contributed by atoms with E-state index in [1.165, 1.54) is 5.38 Å². The average Bonchev–Trinajstić information content (AvgIpc) is 2.90. The van der Waals surface area contributed by atoms with E-state index in [1.807, 2.05) is 0 Å². The fraction of sp³-hybridized carbons (Fsp3) is 0.231. The predicted octanol–water partition coefficient (Wildman–Crippen LogP) is 3.61. The van der Waals surface area contributed by atoms with Gasteiger partial charge < -0.3 is 5.11 Å². The highest BCUT2D eigenvalue weighted by molar-refractivity contribution is 7.93. The summed E-state index contributed by atoms with van der Waals surface area (Å²) in [6.45, 7) is 0. The molecule has 0 fully saturated rings. The summed E-state index contributed by atoms with van der Waals surface area (Å²) in [5, 5.41) is 9.35. The number of sulfonamides is 1. The normalized spacial score (nSPS) is 12.8. The van der Waals surface area contributed by atoms with E-state index in [4.69, 9.17) is 5.11 Å². The van der Waals surface area contributed by atoms with Gasteiger partial charge in [-0.15, -0.1) is 11.3 Å². The van der Waals surface area contributed by atoms with Crippen LogP contribution in [0.2, 0.25) is 0 Å². The van der Waals surface area contributed by atoms with Crippen molar-refractivity contribution in [1.82, 2.24) is 4.98 Å². The van der Waals surface area contributed by atoms with Gasteiger partial charge in [-0.2, -0.15) is 26.3 Å². The standard InChI is InChI=1S/C13H8F6N2O4S2/c14-12(15,16)6-1-2-9(8(3-6)13(17,18)19)27(24,25)21-11-20-7(5-26-11)4-10(22)23/h1-3,5H,4H2,(H,20,21)(H,22,23). The van der Waals surface area contributed by atoms with Crippen LogP contribution in [0, 0.1) is 0 Å². The Morgan fingerprint density at radius 3 is 2.30 bits per heavy atom. The zero-order valence-electron chi connectivity index (χ0n) is 12.7. The summed E-state index contributed by atoms with van der Waals surface area (Å²) in [4.78, 5) is 12.7. The first kappa shape index (κ1) is 21.0. The van der Waals surface area contributed by atoms with Gasteiger partial charge in [0, 0.05) is 5.38 Å². The third-order valence-corrected chi connectivity index (χ3v) is 5.34. The van der Waals surface area contributed by atoms with E-state index in [1.54, 1.807) is 4.72 Å². The van der Waals surface area contributed by atoms with E-state index in [-0.39, 0.29) is 23.9 Å². The Bertz CT molecular complexity index is 966. The minimum absolute atomic E-state index is 0.0475. The van der Waals surface area contributed by atoms with Crippen LogP contribution in [0.15, 0.2) is 28.5 Å². The van der Waals surface area contributed by atoms with Crippen molar-refractivity contribution in [1.29, 1.82) is 0 Å². The number of anilines is 1. The first-order chi connectivity index (χ1) is 12.2. The van der Waals surface area contributed by atoms with Crippen molar-refractivity contribution in [2.24, 2.45) is 0 Å². The van der Waals surface area contributed by atoms with Crippen LogP contribution in [0.3, 0.4) is 0 Å². The minimum atomic E-state index is -5.37. The molecule has 0 saturated carbocycles. The number of carboxylic acids is 1. The number of nitrogens with one attached hydrogen (secondary N) is 1. The Kier molecular flexibility index (Phi) is 5.43. The highest BCUT2D eigenvalue weighted by Gasteiger charge is 2.41. The predicted molar refractivity (Wildman–Crippen MR) is 80.7 cm³/mol. The number of alkyl halides is 6. The lowest BCUT2D eigenvalue weighted by atomic mass is 10.1. The molecule has 1 heterocycles. The van der Waals surface area contributed by atoms with Crippen LogP contribution in [-0.2, 0) is 33.6 Å².